The molecule has 1 aromatic carbocycles. The first-order valence-corrected chi connectivity index (χ1v) is 8.62. The predicted molar refractivity (Wildman–Crippen MR) is 86.0 cm³/mol. The summed E-state index contributed by atoms with van der Waals surface area (Å²) in [5.74, 6) is 3.71. The molecule has 2 aliphatic carbocycles. The second-order valence-corrected chi connectivity index (χ2v) is 7.01. The molecule has 2 saturated carbocycles. The van der Waals surface area contributed by atoms with Crippen molar-refractivity contribution in [3.05, 3.63) is 28.2 Å². The van der Waals surface area contributed by atoms with Gasteiger partial charge in [-0.15, -0.1) is 0 Å². The zero-order chi connectivity index (χ0) is 14.1. The maximum atomic E-state index is 5.31. The van der Waals surface area contributed by atoms with Gasteiger partial charge in [-0.1, -0.05) is 35.3 Å². The number of benzene rings is 1. The van der Waals surface area contributed by atoms with Crippen molar-refractivity contribution in [1.82, 2.24) is 5.32 Å². The highest BCUT2D eigenvalue weighted by Crippen LogP contribution is 2.62. The summed E-state index contributed by atoms with van der Waals surface area (Å²) in [6.45, 7) is 3.33. The normalized spacial score (nSPS) is 29.1. The molecule has 0 heterocycles. The van der Waals surface area contributed by atoms with E-state index in [4.69, 9.17) is 4.74 Å². The highest BCUT2D eigenvalue weighted by atomic mass is 79.9. The Labute approximate surface area is 130 Å². The molecule has 0 spiro atoms. The zero-order valence-corrected chi connectivity index (χ0v) is 13.9. The molecule has 1 N–H and O–H groups in total. The molecule has 3 atom stereocenters. The highest BCUT2D eigenvalue weighted by Gasteiger charge is 2.56. The number of methoxy groups -OCH3 is 1. The van der Waals surface area contributed by atoms with E-state index in [1.807, 2.05) is 0 Å². The number of fused-ring (bicyclic) bond motifs is 1. The second-order valence-electron chi connectivity index (χ2n) is 6.16. The molecule has 2 nitrogen and oxygen atoms in total. The van der Waals surface area contributed by atoms with Gasteiger partial charge in [0.25, 0.3) is 0 Å². The lowest BCUT2D eigenvalue weighted by Gasteiger charge is -2.22. The van der Waals surface area contributed by atoms with Crippen molar-refractivity contribution in [2.75, 3.05) is 13.7 Å². The molecule has 0 radical (unpaired) electrons. The standard InChI is InChI=1S/C17H24BrNO/c1-3-9-19-17(16-12-5-4-6-13(12)16)14-8-7-11(20-2)10-15(14)18/h7-8,10,12-13,16-17,19H,3-6,9H2,1-2H3. The summed E-state index contributed by atoms with van der Waals surface area (Å²) in [7, 11) is 1.72. The van der Waals surface area contributed by atoms with Gasteiger partial charge in [-0.3, -0.25) is 0 Å². The van der Waals surface area contributed by atoms with Gasteiger partial charge in [0.15, 0.2) is 0 Å². The van der Waals surface area contributed by atoms with Gasteiger partial charge in [-0.25, -0.2) is 0 Å². The first-order valence-electron chi connectivity index (χ1n) is 7.83. The molecule has 0 aliphatic heterocycles. The number of ether oxygens (including phenoxy) is 1. The molecule has 110 valence electrons. The van der Waals surface area contributed by atoms with E-state index in [0.29, 0.717) is 6.04 Å². The maximum absolute atomic E-state index is 5.31. The molecule has 0 saturated heterocycles. The molecule has 2 fully saturated rings. The van der Waals surface area contributed by atoms with E-state index in [1.165, 1.54) is 35.7 Å². The smallest absolute Gasteiger partial charge is 0.120 e. The van der Waals surface area contributed by atoms with Crippen LogP contribution in [0.2, 0.25) is 0 Å². The predicted octanol–water partition coefficient (Wildman–Crippen LogP) is 4.54. The summed E-state index contributed by atoms with van der Waals surface area (Å²) in [6.07, 6.45) is 5.50. The average Bonchev–Trinajstić information content (AvgIpc) is 2.93. The Hall–Kier alpha value is -0.540. The quantitative estimate of drug-likeness (QED) is 0.822. The largest absolute Gasteiger partial charge is 0.497 e. The van der Waals surface area contributed by atoms with Crippen molar-refractivity contribution in [3.8, 4) is 5.75 Å². The number of halogens is 1. The molecular weight excluding hydrogens is 314 g/mol. The maximum Gasteiger partial charge on any atom is 0.120 e. The molecule has 1 aromatic rings. The van der Waals surface area contributed by atoms with E-state index in [-0.39, 0.29) is 0 Å². The summed E-state index contributed by atoms with van der Waals surface area (Å²) < 4.78 is 6.49. The van der Waals surface area contributed by atoms with Gasteiger partial charge in [0, 0.05) is 10.5 Å². The van der Waals surface area contributed by atoms with E-state index < -0.39 is 0 Å². The fourth-order valence-electron chi connectivity index (χ4n) is 4.01. The van der Waals surface area contributed by atoms with Crippen LogP contribution >= 0.6 is 15.9 Å². The average molecular weight is 338 g/mol. The van der Waals surface area contributed by atoms with E-state index in [9.17, 15) is 0 Å². The van der Waals surface area contributed by atoms with Crippen LogP contribution in [0.4, 0.5) is 0 Å². The number of nitrogens with one attached hydrogen (secondary N) is 1. The first-order chi connectivity index (χ1) is 9.76. The van der Waals surface area contributed by atoms with Crippen molar-refractivity contribution in [3.63, 3.8) is 0 Å². The van der Waals surface area contributed by atoms with Gasteiger partial charge in [0.05, 0.1) is 7.11 Å². The Kier molecular flexibility index (Phi) is 4.37. The summed E-state index contributed by atoms with van der Waals surface area (Å²) in [5.41, 5.74) is 1.40. The zero-order valence-electron chi connectivity index (χ0n) is 12.4. The summed E-state index contributed by atoms with van der Waals surface area (Å²) in [6, 6.07) is 6.91. The molecule has 3 unspecified atom stereocenters. The highest BCUT2D eigenvalue weighted by molar-refractivity contribution is 9.10. The Bertz CT molecular complexity index is 466. The van der Waals surface area contributed by atoms with Gasteiger partial charge in [0.1, 0.15) is 5.75 Å². The van der Waals surface area contributed by atoms with Crippen LogP contribution in [0.3, 0.4) is 0 Å². The van der Waals surface area contributed by atoms with Gasteiger partial charge in [-0.05, 0) is 61.3 Å². The van der Waals surface area contributed by atoms with Crippen LogP contribution in [-0.2, 0) is 0 Å². The minimum atomic E-state index is 0.505. The van der Waals surface area contributed by atoms with Crippen molar-refractivity contribution in [2.24, 2.45) is 17.8 Å². The molecule has 3 rings (SSSR count). The fraction of sp³-hybridized carbons (Fsp3) is 0.647. The third-order valence-electron chi connectivity index (χ3n) is 5.01. The van der Waals surface area contributed by atoms with Crippen LogP contribution in [0.25, 0.3) is 0 Å². The fourth-order valence-corrected chi connectivity index (χ4v) is 4.62. The molecule has 2 aliphatic rings. The Balaban J connectivity index is 1.81. The van der Waals surface area contributed by atoms with E-state index in [2.05, 4.69) is 46.4 Å². The Morgan fingerprint density at radius 2 is 2.10 bits per heavy atom. The van der Waals surface area contributed by atoms with Gasteiger partial charge in [-0.2, -0.15) is 0 Å². The number of hydrogen-bond acceptors (Lipinski definition) is 2. The third-order valence-corrected chi connectivity index (χ3v) is 5.70. The lowest BCUT2D eigenvalue weighted by Crippen LogP contribution is -2.25. The van der Waals surface area contributed by atoms with E-state index >= 15 is 0 Å². The van der Waals surface area contributed by atoms with Crippen molar-refractivity contribution < 1.29 is 4.74 Å². The van der Waals surface area contributed by atoms with Crippen molar-refractivity contribution in [2.45, 2.75) is 38.6 Å². The molecule has 0 bridgehead atoms. The minimum absolute atomic E-state index is 0.505. The van der Waals surface area contributed by atoms with Crippen LogP contribution in [0.5, 0.6) is 5.75 Å². The number of hydrogen-bond donors (Lipinski definition) is 1. The summed E-state index contributed by atoms with van der Waals surface area (Å²) >= 11 is 3.74. The van der Waals surface area contributed by atoms with Gasteiger partial charge in [0.2, 0.25) is 0 Å². The van der Waals surface area contributed by atoms with E-state index in [1.54, 1.807) is 7.11 Å². The van der Waals surface area contributed by atoms with Gasteiger partial charge >= 0.3 is 0 Å². The van der Waals surface area contributed by atoms with Gasteiger partial charge < -0.3 is 10.1 Å². The van der Waals surface area contributed by atoms with Crippen LogP contribution in [0, 0.1) is 17.8 Å². The summed E-state index contributed by atoms with van der Waals surface area (Å²) in [4.78, 5) is 0. The van der Waals surface area contributed by atoms with Crippen molar-refractivity contribution >= 4 is 15.9 Å². The lowest BCUT2D eigenvalue weighted by molar-refractivity contribution is 0.407. The number of rotatable bonds is 6. The van der Waals surface area contributed by atoms with Crippen molar-refractivity contribution in [1.29, 1.82) is 0 Å². The Morgan fingerprint density at radius 3 is 2.70 bits per heavy atom. The molecular formula is C17H24BrNO. The SMILES string of the molecule is CCCNC(c1ccc(OC)cc1Br)C1C2CCCC21. The topological polar surface area (TPSA) is 21.3 Å². The third kappa shape index (κ3) is 2.62. The molecule has 0 amide bonds. The van der Waals surface area contributed by atoms with Crippen LogP contribution < -0.4 is 10.1 Å². The summed E-state index contributed by atoms with van der Waals surface area (Å²) in [5, 5.41) is 3.78. The molecule has 20 heavy (non-hydrogen) atoms. The monoisotopic (exact) mass is 337 g/mol. The first kappa shape index (κ1) is 14.4. The van der Waals surface area contributed by atoms with Crippen LogP contribution in [0.15, 0.2) is 22.7 Å². The minimum Gasteiger partial charge on any atom is -0.497 e. The molecule has 3 heteroatoms. The second kappa shape index (κ2) is 6.07. The molecule has 0 aromatic heterocycles. The lowest BCUT2D eigenvalue weighted by atomic mass is 9.96. The van der Waals surface area contributed by atoms with Crippen LogP contribution in [-0.4, -0.2) is 13.7 Å². The van der Waals surface area contributed by atoms with Crippen LogP contribution in [0.1, 0.15) is 44.2 Å². The Morgan fingerprint density at radius 1 is 1.35 bits per heavy atom. The van der Waals surface area contributed by atoms with E-state index in [0.717, 1.165) is 30.0 Å².